The van der Waals surface area contributed by atoms with Gasteiger partial charge in [0.05, 0.1) is 54.1 Å². The smallest absolute Gasteiger partial charge is 0.114 e. The maximum Gasteiger partial charge on any atom is 0.114 e. The predicted molar refractivity (Wildman–Crippen MR) is 436 cm³/mol. The van der Waals surface area contributed by atoms with Crippen molar-refractivity contribution < 1.29 is 153 Å². The zero-order chi connectivity index (χ0) is 78.5. The fourth-order valence-corrected chi connectivity index (χ4v) is 10.4. The van der Waals surface area contributed by atoms with E-state index in [2.05, 4.69) is 55.3 Å². The average molecular weight is 2440 g/mol. The molecular formula is C94H102N5O10Pt5-5. The van der Waals surface area contributed by atoms with Crippen molar-refractivity contribution in [3.63, 3.8) is 0 Å². The standard InChI is InChI=1S/C21H20NO2.C20H18NO2.C19H24NO2.C18H22NO2.C16H18NO2.5Pt/c1-15(2)23-21-16(3)20(24-17-9-5-4-6-10-17)13-12-18(21)19-11-7-8-14-22-19;1-15(2)22-20-14-17(23-16-8-4-3-5-9-16)11-12-18(20)19-10-6-7-13-21-19;1-13(2)21-18-14(3)17(22-19(4,5)6)11-10-15(18)16-9-7-8-12-20-16;1-13(2)20-17-12-14(21-18(3,4)5)9-10-15(17)16-8-6-7-11-19-16;1-4-18-13-8-9-14(15-7-5-6-10-17-15)16(11-13)19-12(2)3;;;;;/h4-11,13-15H,1-3H3;3-11,13-15H,1-2H3;7-9,11-13H,1-6H3;6-9,11-13H,1-5H3;5-8,10-12H,4H2,1-3H3;;;;;/q5*-1;;;;;. The van der Waals surface area contributed by atoms with Gasteiger partial charge in [-0.25, -0.2) is 0 Å². The van der Waals surface area contributed by atoms with Crippen molar-refractivity contribution in [1.29, 1.82) is 0 Å². The number of para-hydroxylation sites is 2. The van der Waals surface area contributed by atoms with Gasteiger partial charge >= 0.3 is 0 Å². The molecule has 0 bridgehead atoms. The van der Waals surface area contributed by atoms with E-state index in [1.54, 1.807) is 31.0 Å². The Morgan fingerprint density at radius 2 is 0.588 bits per heavy atom. The first kappa shape index (κ1) is 99.9. The molecule has 0 radical (unpaired) electrons. The maximum atomic E-state index is 6.06. The fourth-order valence-electron chi connectivity index (χ4n) is 10.4. The summed E-state index contributed by atoms with van der Waals surface area (Å²) in [4.78, 5) is 21.9. The van der Waals surface area contributed by atoms with Crippen LogP contribution in [0.2, 0.25) is 0 Å². The second kappa shape index (κ2) is 50.3. The van der Waals surface area contributed by atoms with E-state index >= 15 is 0 Å². The second-order valence-electron chi connectivity index (χ2n) is 28.3. The molecule has 12 rings (SSSR count). The van der Waals surface area contributed by atoms with Crippen LogP contribution in [0.15, 0.2) is 231 Å². The van der Waals surface area contributed by atoms with E-state index in [1.807, 2.05) is 332 Å². The molecule has 0 saturated heterocycles. The molecule has 15 nitrogen and oxygen atoms in total. The normalized spacial score (nSPS) is 10.5. The van der Waals surface area contributed by atoms with Gasteiger partial charge in [0.15, 0.2) is 0 Å². The number of nitrogens with zero attached hydrogens (tertiary/aromatic N) is 5. The Labute approximate surface area is 748 Å². The Morgan fingerprint density at radius 1 is 0.298 bits per heavy atom. The molecule has 0 N–H and O–H groups in total. The molecule has 0 atom stereocenters. The molecule has 0 fully saturated rings. The molecule has 0 spiro atoms. The SMILES string of the molecule is CC(C)Oc1cc(OC(C)(C)C)c[c-]c1-c1ccccn1.CC(C)Oc1cc(Oc2ccccc2)c[c-]c1-c1ccccn1.CCOc1c[c-]c(-c2ccccn2)c(OC(C)C)c1.Cc1c(OC(C)(C)C)c[c-]c(-c2ccccn2)c1OC(C)C.Cc1c(Oc2ccccc2)c[c-]c(-c2ccccn2)c1OC(C)C.[Pt].[Pt].[Pt].[Pt].[Pt]. The number of benzene rings is 7. The molecule has 0 aliphatic carbocycles. The summed E-state index contributed by atoms with van der Waals surface area (Å²) < 4.78 is 59.0. The molecule has 12 aromatic rings. The molecule has 20 heteroatoms. The average Bonchev–Trinajstić information content (AvgIpc) is 0.824. The Hall–Kier alpha value is -8.27. The number of rotatable bonds is 23. The molecule has 5 heterocycles. The van der Waals surface area contributed by atoms with Crippen molar-refractivity contribution in [3.05, 3.63) is 273 Å². The van der Waals surface area contributed by atoms with Gasteiger partial charge in [-0.2, -0.15) is 0 Å². The van der Waals surface area contributed by atoms with Crippen LogP contribution in [0.5, 0.6) is 69.0 Å². The molecule has 0 aliphatic rings. The van der Waals surface area contributed by atoms with Crippen LogP contribution in [0, 0.1) is 44.2 Å². The van der Waals surface area contributed by atoms with Gasteiger partial charge in [0.2, 0.25) is 0 Å². The van der Waals surface area contributed by atoms with Crippen LogP contribution in [0.1, 0.15) is 129 Å². The van der Waals surface area contributed by atoms with Gasteiger partial charge in [-0.15, -0.1) is 60.7 Å². The molecule has 7 aromatic carbocycles. The molecule has 0 saturated carbocycles. The first-order valence-electron chi connectivity index (χ1n) is 36.8. The minimum Gasteiger partial charge on any atom is -0.537 e. The zero-order valence-corrected chi connectivity index (χ0v) is 79.3. The topological polar surface area (TPSA) is 157 Å². The summed E-state index contributed by atoms with van der Waals surface area (Å²) in [6, 6.07) is 79.4. The third-order valence-electron chi connectivity index (χ3n) is 14.7. The summed E-state index contributed by atoms with van der Waals surface area (Å²) in [6.07, 6.45) is 9.17. The third-order valence-corrected chi connectivity index (χ3v) is 14.7. The van der Waals surface area contributed by atoms with Gasteiger partial charge < -0.3 is 72.3 Å². The largest absolute Gasteiger partial charge is 0.537 e. The monoisotopic (exact) mass is 2440 g/mol. The number of pyridine rings is 5. The van der Waals surface area contributed by atoms with Gasteiger partial charge in [0.1, 0.15) is 11.5 Å². The van der Waals surface area contributed by atoms with E-state index in [9.17, 15) is 0 Å². The van der Waals surface area contributed by atoms with E-state index in [0.717, 1.165) is 125 Å². The van der Waals surface area contributed by atoms with E-state index in [1.165, 1.54) is 0 Å². The Kier molecular flexibility index (Phi) is 44.1. The molecule has 0 unspecified atom stereocenters. The number of ether oxygens (including phenoxy) is 10. The molecule has 0 aliphatic heterocycles. The first-order chi connectivity index (χ1) is 52.2. The van der Waals surface area contributed by atoms with Crippen molar-refractivity contribution in [3.8, 4) is 125 Å². The van der Waals surface area contributed by atoms with Crippen LogP contribution in [0.4, 0.5) is 0 Å². The van der Waals surface area contributed by atoms with Gasteiger partial charge in [0.25, 0.3) is 0 Å². The van der Waals surface area contributed by atoms with Gasteiger partial charge in [0, 0.05) is 188 Å². The quantitative estimate of drug-likeness (QED) is 0.0557. The van der Waals surface area contributed by atoms with Gasteiger partial charge in [-0.3, -0.25) is 0 Å². The zero-order valence-electron chi connectivity index (χ0n) is 67.9. The van der Waals surface area contributed by atoms with E-state index < -0.39 is 0 Å². The Balaban J connectivity index is 0.000000366. The Morgan fingerprint density at radius 3 is 0.921 bits per heavy atom. The van der Waals surface area contributed by atoms with Crippen molar-refractivity contribution in [1.82, 2.24) is 24.9 Å². The first-order valence-corrected chi connectivity index (χ1v) is 36.8. The summed E-state index contributed by atoms with van der Waals surface area (Å²) in [5.74, 6) is 9.04. The van der Waals surface area contributed by atoms with Crippen molar-refractivity contribution >= 4 is 0 Å². The summed E-state index contributed by atoms with van der Waals surface area (Å²) in [5, 5.41) is 0. The van der Waals surface area contributed by atoms with Crippen molar-refractivity contribution in [2.75, 3.05) is 6.61 Å². The molecule has 0 amide bonds. The van der Waals surface area contributed by atoms with Crippen LogP contribution >= 0.6 is 0 Å². The molecule has 114 heavy (non-hydrogen) atoms. The number of hydrogen-bond acceptors (Lipinski definition) is 15. The molecule has 618 valence electrons. The van der Waals surface area contributed by atoms with Gasteiger partial charge in [-0.05, 0) is 201 Å². The molecule has 5 aromatic heterocycles. The van der Waals surface area contributed by atoms with Crippen LogP contribution in [-0.4, -0.2) is 73.2 Å². The summed E-state index contributed by atoms with van der Waals surface area (Å²) in [5.41, 5.74) is 9.86. The predicted octanol–water partition coefficient (Wildman–Crippen LogP) is 23.6. The van der Waals surface area contributed by atoms with Crippen molar-refractivity contribution in [2.45, 2.75) is 173 Å². The maximum absolute atomic E-state index is 6.06. The van der Waals surface area contributed by atoms with Crippen LogP contribution < -0.4 is 47.4 Å². The third kappa shape index (κ3) is 33.1. The van der Waals surface area contributed by atoms with E-state index in [4.69, 9.17) is 47.4 Å². The summed E-state index contributed by atoms with van der Waals surface area (Å²) in [6.45, 7) is 38.7. The van der Waals surface area contributed by atoms with Crippen LogP contribution in [0.25, 0.3) is 56.3 Å². The van der Waals surface area contributed by atoms with Gasteiger partial charge in [-0.1, -0.05) is 168 Å². The Bertz CT molecular complexity index is 4700. The minimum absolute atomic E-state index is 0. The van der Waals surface area contributed by atoms with E-state index in [0.29, 0.717) is 18.1 Å². The number of aromatic nitrogens is 5. The second-order valence-corrected chi connectivity index (χ2v) is 28.3. The van der Waals surface area contributed by atoms with E-state index in [-0.39, 0.29) is 147 Å². The summed E-state index contributed by atoms with van der Waals surface area (Å²) >= 11 is 0. The fraction of sp³-hybridized carbons (Fsp3) is 0.287. The molecular weight excluding hydrogens is 2330 g/mol. The minimum atomic E-state index is -0.264. The van der Waals surface area contributed by atoms with Crippen LogP contribution in [-0.2, 0) is 105 Å². The van der Waals surface area contributed by atoms with Crippen molar-refractivity contribution in [2.24, 2.45) is 0 Å². The van der Waals surface area contributed by atoms with Crippen LogP contribution in [0.3, 0.4) is 0 Å². The summed E-state index contributed by atoms with van der Waals surface area (Å²) in [7, 11) is 0. The number of hydrogen-bond donors (Lipinski definition) is 0.